The smallest absolute Gasteiger partial charge is 0.328 e. The molecule has 9 nitrogen and oxygen atoms in total. The molecule has 158 valence electrons. The number of para-hydroxylation sites is 1. The molecule has 1 amide bonds. The van der Waals surface area contributed by atoms with Gasteiger partial charge in [0.05, 0.1) is 23.4 Å². The first kappa shape index (κ1) is 19.2. The van der Waals surface area contributed by atoms with Gasteiger partial charge >= 0.3 is 6.18 Å². The molecule has 0 atom stereocenters. The molecule has 4 heterocycles. The van der Waals surface area contributed by atoms with Gasteiger partial charge in [0, 0.05) is 24.7 Å². The largest absolute Gasteiger partial charge is 0.451 e. The van der Waals surface area contributed by atoms with Gasteiger partial charge in [0.15, 0.2) is 11.5 Å². The van der Waals surface area contributed by atoms with Gasteiger partial charge < -0.3 is 9.47 Å². The van der Waals surface area contributed by atoms with Crippen LogP contribution in [0.4, 0.5) is 13.2 Å². The maximum absolute atomic E-state index is 13.1. The highest BCUT2D eigenvalue weighted by Gasteiger charge is 2.40. The molecule has 0 saturated heterocycles. The first-order valence-electron chi connectivity index (χ1n) is 9.39. The highest BCUT2D eigenvalue weighted by Crippen LogP contribution is 2.30. The van der Waals surface area contributed by atoms with Crippen LogP contribution in [0.25, 0.3) is 16.6 Å². The summed E-state index contributed by atoms with van der Waals surface area (Å²) < 4.78 is 41.6. The third-order valence-electron chi connectivity index (χ3n) is 5.23. The molecule has 1 aliphatic rings. The molecule has 3 aromatic heterocycles. The molecule has 1 aromatic carbocycles. The lowest BCUT2D eigenvalue weighted by molar-refractivity contribution is -0.147. The van der Waals surface area contributed by atoms with Crippen LogP contribution in [-0.2, 0) is 19.3 Å². The van der Waals surface area contributed by atoms with Gasteiger partial charge in [-0.2, -0.15) is 13.2 Å². The summed E-state index contributed by atoms with van der Waals surface area (Å²) >= 11 is 0. The van der Waals surface area contributed by atoms with Crippen molar-refractivity contribution in [1.29, 1.82) is 0 Å². The van der Waals surface area contributed by atoms with Gasteiger partial charge in [-0.3, -0.25) is 9.78 Å². The van der Waals surface area contributed by atoms with Crippen molar-refractivity contribution < 1.29 is 18.0 Å². The number of carbonyl (C=O) groups is 1. The van der Waals surface area contributed by atoms with E-state index in [1.165, 1.54) is 9.58 Å². The van der Waals surface area contributed by atoms with E-state index in [0.717, 1.165) is 9.95 Å². The Hall–Kier alpha value is -3.83. The predicted octanol–water partition coefficient (Wildman–Crippen LogP) is 2.39. The van der Waals surface area contributed by atoms with Crippen molar-refractivity contribution in [3.8, 4) is 5.69 Å². The van der Waals surface area contributed by atoms with E-state index in [9.17, 15) is 18.0 Å². The third-order valence-corrected chi connectivity index (χ3v) is 5.23. The number of amides is 1. The molecule has 0 saturated carbocycles. The van der Waals surface area contributed by atoms with Crippen molar-refractivity contribution in [2.45, 2.75) is 26.2 Å². The zero-order valence-electron chi connectivity index (χ0n) is 16.2. The molecule has 0 unspecified atom stereocenters. The maximum atomic E-state index is 13.1. The summed E-state index contributed by atoms with van der Waals surface area (Å²) in [6.07, 6.45) is -2.92. The van der Waals surface area contributed by atoms with Crippen LogP contribution in [0.15, 0.2) is 36.5 Å². The van der Waals surface area contributed by atoms with Crippen LogP contribution in [0.1, 0.15) is 27.8 Å². The van der Waals surface area contributed by atoms with Crippen LogP contribution >= 0.6 is 0 Å². The van der Waals surface area contributed by atoms with Crippen LogP contribution in [0.3, 0.4) is 0 Å². The molecule has 0 spiro atoms. The molecule has 0 N–H and O–H groups in total. The number of aromatic nitrogens is 7. The van der Waals surface area contributed by atoms with E-state index < -0.39 is 17.9 Å². The highest BCUT2D eigenvalue weighted by molar-refractivity contribution is 5.94. The third kappa shape index (κ3) is 3.10. The van der Waals surface area contributed by atoms with Crippen LogP contribution in [0, 0.1) is 6.92 Å². The SMILES string of the molecule is Cc1c(C(=O)N2CCn3c(nnc3C(F)(F)F)C2)nnn1-c1cccc2cccnc12. The van der Waals surface area contributed by atoms with Crippen LogP contribution in [-0.4, -0.2) is 52.1 Å². The molecule has 5 rings (SSSR count). The number of fused-ring (bicyclic) bond motifs is 2. The topological polar surface area (TPSA) is 94.6 Å². The number of rotatable bonds is 2. The average Bonchev–Trinajstić information content (AvgIpc) is 3.36. The van der Waals surface area contributed by atoms with Crippen molar-refractivity contribution in [1.82, 2.24) is 39.6 Å². The van der Waals surface area contributed by atoms with E-state index >= 15 is 0 Å². The number of halogens is 3. The van der Waals surface area contributed by atoms with Crippen LogP contribution in [0.2, 0.25) is 0 Å². The monoisotopic (exact) mass is 428 g/mol. The average molecular weight is 428 g/mol. The fraction of sp³-hybridized carbons (Fsp3) is 0.263. The van der Waals surface area contributed by atoms with E-state index in [0.29, 0.717) is 16.9 Å². The molecule has 31 heavy (non-hydrogen) atoms. The Kier molecular flexibility index (Phi) is 4.24. The van der Waals surface area contributed by atoms with Crippen LogP contribution in [0.5, 0.6) is 0 Å². The van der Waals surface area contributed by atoms with Gasteiger partial charge in [-0.1, -0.05) is 23.4 Å². The molecule has 4 aromatic rings. The minimum atomic E-state index is -4.59. The van der Waals surface area contributed by atoms with Gasteiger partial charge in [-0.15, -0.1) is 15.3 Å². The van der Waals surface area contributed by atoms with Crippen LogP contribution < -0.4 is 0 Å². The standard InChI is InChI=1S/C19H15F3N8O/c1-11-15(25-27-30(11)13-6-2-4-12-5-3-7-23-16(12)13)17(31)28-8-9-29-14(10-28)24-26-18(29)19(20,21)22/h2-7H,8-10H2,1H3. The predicted molar refractivity (Wildman–Crippen MR) is 101 cm³/mol. The summed E-state index contributed by atoms with van der Waals surface area (Å²) in [4.78, 5) is 18.8. The molecule has 0 fully saturated rings. The van der Waals surface area contributed by atoms with Crippen molar-refractivity contribution >= 4 is 16.8 Å². The maximum Gasteiger partial charge on any atom is 0.451 e. The number of hydrogen-bond acceptors (Lipinski definition) is 6. The Bertz CT molecular complexity index is 1300. The van der Waals surface area contributed by atoms with Crippen molar-refractivity contribution in [2.24, 2.45) is 0 Å². The first-order chi connectivity index (χ1) is 14.8. The summed E-state index contributed by atoms with van der Waals surface area (Å²) in [7, 11) is 0. The molecule has 1 aliphatic heterocycles. The molecule has 0 bridgehead atoms. The highest BCUT2D eigenvalue weighted by atomic mass is 19.4. The summed E-state index contributed by atoms with van der Waals surface area (Å²) in [5.41, 5.74) is 2.02. The molecule has 12 heteroatoms. The minimum absolute atomic E-state index is 0.0522. The second kappa shape index (κ2) is 6.86. The Morgan fingerprint density at radius 1 is 1.06 bits per heavy atom. The lowest BCUT2D eigenvalue weighted by atomic mass is 10.2. The Balaban J connectivity index is 1.45. The fourth-order valence-corrected chi connectivity index (χ4v) is 3.71. The zero-order valence-corrected chi connectivity index (χ0v) is 16.2. The summed E-state index contributed by atoms with van der Waals surface area (Å²) in [6, 6.07) is 9.35. The van der Waals surface area contributed by atoms with Crippen molar-refractivity contribution in [3.05, 3.63) is 59.6 Å². The number of benzene rings is 1. The van der Waals surface area contributed by atoms with E-state index in [4.69, 9.17) is 0 Å². The molecular formula is C19H15F3N8O. The Labute approximate surface area is 173 Å². The summed E-state index contributed by atoms with van der Waals surface area (Å²) in [6.45, 7) is 1.64. The van der Waals surface area contributed by atoms with Gasteiger partial charge in [0.1, 0.15) is 0 Å². The van der Waals surface area contributed by atoms with Crippen molar-refractivity contribution in [2.75, 3.05) is 6.54 Å². The van der Waals surface area contributed by atoms with E-state index in [-0.39, 0.29) is 31.2 Å². The number of hydrogen-bond donors (Lipinski definition) is 0. The normalized spacial score (nSPS) is 14.1. The van der Waals surface area contributed by atoms with E-state index in [1.54, 1.807) is 13.1 Å². The number of alkyl halides is 3. The van der Waals surface area contributed by atoms with E-state index in [2.05, 4.69) is 25.5 Å². The summed E-state index contributed by atoms with van der Waals surface area (Å²) in [5, 5.41) is 15.9. The van der Waals surface area contributed by atoms with Gasteiger partial charge in [-0.05, 0) is 19.1 Å². The lowest BCUT2D eigenvalue weighted by Gasteiger charge is -2.27. The number of nitrogens with zero attached hydrogens (tertiary/aromatic N) is 8. The molecular weight excluding hydrogens is 413 g/mol. The van der Waals surface area contributed by atoms with Gasteiger partial charge in [-0.25, -0.2) is 4.68 Å². The van der Waals surface area contributed by atoms with Gasteiger partial charge in [0.25, 0.3) is 5.91 Å². The lowest BCUT2D eigenvalue weighted by Crippen LogP contribution is -2.39. The fourth-order valence-electron chi connectivity index (χ4n) is 3.71. The Morgan fingerprint density at radius 3 is 2.68 bits per heavy atom. The number of pyridine rings is 1. The minimum Gasteiger partial charge on any atom is -0.328 e. The van der Waals surface area contributed by atoms with E-state index in [1.807, 2.05) is 30.3 Å². The van der Waals surface area contributed by atoms with Gasteiger partial charge in [0.2, 0.25) is 5.82 Å². The van der Waals surface area contributed by atoms with Crippen molar-refractivity contribution in [3.63, 3.8) is 0 Å². The quantitative estimate of drug-likeness (QED) is 0.487. The second-order valence-electron chi connectivity index (χ2n) is 7.10. The molecule has 0 aliphatic carbocycles. The second-order valence-corrected chi connectivity index (χ2v) is 7.10. The first-order valence-corrected chi connectivity index (χ1v) is 9.39. The number of carbonyl (C=O) groups excluding carboxylic acids is 1. The summed E-state index contributed by atoms with van der Waals surface area (Å²) in [5.74, 6) is -1.41. The Morgan fingerprint density at radius 2 is 1.87 bits per heavy atom. The zero-order chi connectivity index (χ0) is 21.8. The molecule has 0 radical (unpaired) electrons.